The third kappa shape index (κ3) is 3.14. The number of sulfonamides is 1. The number of ether oxygens (including phenoxy) is 1. The van der Waals surface area contributed by atoms with Gasteiger partial charge in [-0.15, -0.1) is 0 Å². The summed E-state index contributed by atoms with van der Waals surface area (Å²) >= 11 is 0. The molecule has 5 nitrogen and oxygen atoms in total. The summed E-state index contributed by atoms with van der Waals surface area (Å²) in [6, 6.07) is 0.225. The fraction of sp³-hybridized carbons (Fsp3) is 1.00. The van der Waals surface area contributed by atoms with Crippen molar-refractivity contribution in [3.8, 4) is 0 Å². The van der Waals surface area contributed by atoms with E-state index in [-0.39, 0.29) is 12.6 Å². The molecule has 0 aromatic carbocycles. The lowest BCUT2D eigenvalue weighted by molar-refractivity contribution is 0.196. The molecule has 1 heterocycles. The molecule has 1 fully saturated rings. The number of methoxy groups -OCH3 is 1. The van der Waals surface area contributed by atoms with E-state index >= 15 is 0 Å². The van der Waals surface area contributed by atoms with Gasteiger partial charge in [0.1, 0.15) is 0 Å². The lowest BCUT2D eigenvalue weighted by Gasteiger charge is -2.32. The van der Waals surface area contributed by atoms with Gasteiger partial charge in [0.15, 0.2) is 0 Å². The van der Waals surface area contributed by atoms with E-state index in [1.165, 1.54) is 7.11 Å². The van der Waals surface area contributed by atoms with Crippen LogP contribution in [0.5, 0.6) is 0 Å². The molecule has 0 saturated carbocycles. The topological polar surface area (TPSA) is 58.6 Å². The molecule has 0 aromatic heterocycles. The highest BCUT2D eigenvalue weighted by molar-refractivity contribution is 7.89. The Hall–Kier alpha value is -0.170. The first kappa shape index (κ1) is 12.9. The number of rotatable bonds is 4. The first-order valence-electron chi connectivity index (χ1n) is 5.19. The first-order chi connectivity index (χ1) is 6.98. The minimum Gasteiger partial charge on any atom is -0.383 e. The fourth-order valence-electron chi connectivity index (χ4n) is 1.70. The van der Waals surface area contributed by atoms with E-state index in [2.05, 4.69) is 5.32 Å². The molecular formula is C9H20N2O3S. The van der Waals surface area contributed by atoms with Crippen LogP contribution < -0.4 is 5.32 Å². The van der Waals surface area contributed by atoms with E-state index in [9.17, 15) is 8.42 Å². The number of hydrogen-bond donors (Lipinski definition) is 1. The van der Waals surface area contributed by atoms with Gasteiger partial charge in [0.2, 0.25) is 10.0 Å². The van der Waals surface area contributed by atoms with Crippen LogP contribution in [0.2, 0.25) is 0 Å². The number of hydrogen-bond acceptors (Lipinski definition) is 4. The molecule has 1 rings (SSSR count). The average molecular weight is 236 g/mol. The fourth-order valence-corrected chi connectivity index (χ4v) is 3.30. The Labute approximate surface area is 91.8 Å². The Morgan fingerprint density at radius 2 is 2.27 bits per heavy atom. The molecule has 1 unspecified atom stereocenters. The highest BCUT2D eigenvalue weighted by atomic mass is 32.2. The lowest BCUT2D eigenvalue weighted by atomic mass is 10.3. The largest absolute Gasteiger partial charge is 0.383 e. The zero-order chi connectivity index (χ0) is 11.5. The predicted octanol–water partition coefficient (Wildman–Crippen LogP) is -0.355. The van der Waals surface area contributed by atoms with E-state index < -0.39 is 15.3 Å². The molecule has 0 spiro atoms. The summed E-state index contributed by atoms with van der Waals surface area (Å²) in [4.78, 5) is 0. The smallest absolute Gasteiger partial charge is 0.219 e. The van der Waals surface area contributed by atoms with E-state index in [4.69, 9.17) is 4.74 Å². The van der Waals surface area contributed by atoms with Crippen LogP contribution in [0.15, 0.2) is 0 Å². The van der Waals surface area contributed by atoms with Gasteiger partial charge in [0.25, 0.3) is 0 Å². The number of nitrogens with one attached hydrogen (secondary N) is 1. The minimum absolute atomic E-state index is 0.225. The lowest BCUT2D eigenvalue weighted by Crippen LogP contribution is -2.53. The van der Waals surface area contributed by atoms with E-state index in [0.29, 0.717) is 13.1 Å². The quantitative estimate of drug-likeness (QED) is 0.724. The standard InChI is InChI=1S/C9H20N2O3S/c1-8-6-11(5-4-10-8)15(12,13)9(2)7-14-3/h8-10H,4-7H2,1-3H3/t8-,9?/m0/s1. The molecule has 1 aliphatic heterocycles. The first-order valence-corrected chi connectivity index (χ1v) is 6.70. The van der Waals surface area contributed by atoms with Gasteiger partial charge in [0.05, 0.1) is 11.9 Å². The molecule has 1 saturated heterocycles. The molecule has 90 valence electrons. The molecule has 6 heteroatoms. The number of nitrogens with zero attached hydrogens (tertiary/aromatic N) is 1. The Morgan fingerprint density at radius 3 is 2.80 bits per heavy atom. The molecule has 0 radical (unpaired) electrons. The summed E-state index contributed by atoms with van der Waals surface area (Å²) in [5.74, 6) is 0. The van der Waals surface area contributed by atoms with Crippen LogP contribution in [0.25, 0.3) is 0 Å². The Balaban J connectivity index is 2.67. The van der Waals surface area contributed by atoms with Gasteiger partial charge in [-0.1, -0.05) is 0 Å². The molecule has 15 heavy (non-hydrogen) atoms. The predicted molar refractivity (Wildman–Crippen MR) is 59.3 cm³/mol. The SMILES string of the molecule is COCC(C)S(=O)(=O)N1CCN[C@@H](C)C1. The maximum absolute atomic E-state index is 12.0. The van der Waals surface area contributed by atoms with Crippen molar-refractivity contribution in [2.24, 2.45) is 0 Å². The second-order valence-electron chi connectivity index (χ2n) is 4.02. The van der Waals surface area contributed by atoms with Gasteiger partial charge in [-0.05, 0) is 13.8 Å². The van der Waals surface area contributed by atoms with E-state index in [1.54, 1.807) is 11.2 Å². The molecule has 2 atom stereocenters. The van der Waals surface area contributed by atoms with E-state index in [0.717, 1.165) is 6.54 Å². The summed E-state index contributed by atoms with van der Waals surface area (Å²) in [6.07, 6.45) is 0. The molecule has 1 aliphatic rings. The van der Waals surface area contributed by atoms with Crippen molar-refractivity contribution >= 4 is 10.0 Å². The van der Waals surface area contributed by atoms with Crippen LogP contribution in [0, 0.1) is 0 Å². The molecule has 1 N–H and O–H groups in total. The minimum atomic E-state index is -3.19. The second kappa shape index (κ2) is 5.25. The van der Waals surface area contributed by atoms with Crippen LogP contribution in [0.1, 0.15) is 13.8 Å². The van der Waals surface area contributed by atoms with Gasteiger partial charge >= 0.3 is 0 Å². The van der Waals surface area contributed by atoms with Gasteiger partial charge < -0.3 is 10.1 Å². The Morgan fingerprint density at radius 1 is 1.60 bits per heavy atom. The summed E-state index contributed by atoms with van der Waals surface area (Å²) in [5.41, 5.74) is 0. The van der Waals surface area contributed by atoms with Crippen molar-refractivity contribution in [1.29, 1.82) is 0 Å². The summed E-state index contributed by atoms with van der Waals surface area (Å²) in [7, 11) is -1.67. The van der Waals surface area contributed by atoms with Crippen LogP contribution in [0.3, 0.4) is 0 Å². The highest BCUT2D eigenvalue weighted by Crippen LogP contribution is 2.12. The maximum Gasteiger partial charge on any atom is 0.219 e. The second-order valence-corrected chi connectivity index (χ2v) is 6.38. The third-order valence-corrected chi connectivity index (χ3v) is 4.81. The van der Waals surface area contributed by atoms with Crippen molar-refractivity contribution < 1.29 is 13.2 Å². The third-order valence-electron chi connectivity index (χ3n) is 2.60. The molecule has 0 bridgehead atoms. The van der Waals surface area contributed by atoms with Crippen molar-refractivity contribution in [2.45, 2.75) is 25.1 Å². The Kier molecular flexibility index (Phi) is 4.51. The monoisotopic (exact) mass is 236 g/mol. The summed E-state index contributed by atoms with van der Waals surface area (Å²) < 4.78 is 30.5. The van der Waals surface area contributed by atoms with Gasteiger partial charge in [0, 0.05) is 32.8 Å². The highest BCUT2D eigenvalue weighted by Gasteiger charge is 2.31. The van der Waals surface area contributed by atoms with Crippen LogP contribution >= 0.6 is 0 Å². The maximum atomic E-state index is 12.0. The van der Waals surface area contributed by atoms with Gasteiger partial charge in [-0.3, -0.25) is 0 Å². The summed E-state index contributed by atoms with van der Waals surface area (Å²) in [6.45, 7) is 5.76. The van der Waals surface area contributed by atoms with Gasteiger partial charge in [-0.25, -0.2) is 8.42 Å². The van der Waals surface area contributed by atoms with Crippen LogP contribution in [-0.4, -0.2) is 57.4 Å². The van der Waals surface area contributed by atoms with Crippen LogP contribution in [0.4, 0.5) is 0 Å². The molecular weight excluding hydrogens is 216 g/mol. The summed E-state index contributed by atoms with van der Waals surface area (Å²) in [5, 5.41) is 2.75. The van der Waals surface area contributed by atoms with Gasteiger partial charge in [-0.2, -0.15) is 4.31 Å². The Bertz CT molecular complexity index is 292. The normalized spacial score (nSPS) is 26.5. The zero-order valence-corrected chi connectivity index (χ0v) is 10.4. The van der Waals surface area contributed by atoms with E-state index in [1.807, 2.05) is 6.92 Å². The van der Waals surface area contributed by atoms with Crippen molar-refractivity contribution in [2.75, 3.05) is 33.4 Å². The van der Waals surface area contributed by atoms with Crippen molar-refractivity contribution in [3.05, 3.63) is 0 Å². The zero-order valence-electron chi connectivity index (χ0n) is 9.56. The van der Waals surface area contributed by atoms with Crippen LogP contribution in [-0.2, 0) is 14.8 Å². The molecule has 0 aliphatic carbocycles. The molecule has 0 amide bonds. The molecule has 0 aromatic rings. The number of piperazine rings is 1. The average Bonchev–Trinajstić information content (AvgIpc) is 2.18. The van der Waals surface area contributed by atoms with Crippen molar-refractivity contribution in [3.63, 3.8) is 0 Å². The van der Waals surface area contributed by atoms with Crippen molar-refractivity contribution in [1.82, 2.24) is 9.62 Å².